The van der Waals surface area contributed by atoms with Crippen molar-refractivity contribution < 1.29 is 0 Å². The van der Waals surface area contributed by atoms with E-state index in [-0.39, 0.29) is 0 Å². The van der Waals surface area contributed by atoms with Crippen LogP contribution in [-0.4, -0.2) is 0 Å². The zero-order valence-corrected chi connectivity index (χ0v) is 31.3. The Morgan fingerprint density at radius 1 is 0.327 bits per heavy atom. The van der Waals surface area contributed by atoms with Crippen molar-refractivity contribution in [2.45, 2.75) is 0 Å². The first-order valence-corrected chi connectivity index (χ1v) is 19.6. The summed E-state index contributed by atoms with van der Waals surface area (Å²) in [4.78, 5) is 0. The molecule has 4 heteroatoms. The number of nitrogens with two attached hydrogens (primary N) is 1. The number of hydrogen-bond donors (Lipinski definition) is 1. The molecular formula is C48H32BrNS2. The summed E-state index contributed by atoms with van der Waals surface area (Å²) >= 11 is 7.35. The topological polar surface area (TPSA) is 26.0 Å². The molecule has 10 rings (SSSR count). The van der Waals surface area contributed by atoms with E-state index in [9.17, 15) is 0 Å². The summed E-state index contributed by atoms with van der Waals surface area (Å²) in [7, 11) is 0. The van der Waals surface area contributed by atoms with E-state index in [0.717, 1.165) is 10.2 Å². The van der Waals surface area contributed by atoms with Crippen LogP contribution in [0.2, 0.25) is 0 Å². The lowest BCUT2D eigenvalue weighted by Gasteiger charge is -2.11. The zero-order chi connectivity index (χ0) is 35.0. The van der Waals surface area contributed by atoms with Crippen LogP contribution in [0.4, 0.5) is 5.69 Å². The van der Waals surface area contributed by atoms with Gasteiger partial charge < -0.3 is 5.73 Å². The second-order valence-electron chi connectivity index (χ2n) is 12.8. The molecular weight excluding hydrogens is 735 g/mol. The molecule has 0 amide bonds. The Bertz CT molecular complexity index is 2670. The van der Waals surface area contributed by atoms with Gasteiger partial charge in [-0.05, 0) is 93.0 Å². The number of benzene rings is 8. The van der Waals surface area contributed by atoms with Gasteiger partial charge in [-0.3, -0.25) is 0 Å². The van der Waals surface area contributed by atoms with Crippen LogP contribution in [0, 0.1) is 0 Å². The maximum Gasteiger partial charge on any atom is 0.0361 e. The first-order chi connectivity index (χ1) is 25.6. The van der Waals surface area contributed by atoms with Gasteiger partial charge in [-0.1, -0.05) is 149 Å². The smallest absolute Gasteiger partial charge is 0.0361 e. The van der Waals surface area contributed by atoms with E-state index in [4.69, 9.17) is 5.73 Å². The van der Waals surface area contributed by atoms with Gasteiger partial charge in [-0.15, -0.1) is 22.7 Å². The molecule has 0 unspecified atom stereocenters. The lowest BCUT2D eigenvalue weighted by molar-refractivity contribution is 1.57. The van der Waals surface area contributed by atoms with Gasteiger partial charge in [-0.25, -0.2) is 0 Å². The standard InChI is InChI=1S/C24H15BrS.C24H17NS/c2*25-18-11-13-19(22(15-18)16-6-2-1-3-7-16)17-10-12-21-20-8-4-5-9-23(20)26-24(21)14-17/h1-15H;1-15H,25H2. The third-order valence-corrected chi connectivity index (χ3v) is 12.3. The van der Waals surface area contributed by atoms with E-state index in [0.29, 0.717) is 0 Å². The third-order valence-electron chi connectivity index (χ3n) is 9.57. The van der Waals surface area contributed by atoms with Gasteiger partial charge in [0.05, 0.1) is 0 Å². The molecule has 0 saturated carbocycles. The molecule has 0 spiro atoms. The molecule has 52 heavy (non-hydrogen) atoms. The van der Waals surface area contributed by atoms with Gasteiger partial charge >= 0.3 is 0 Å². The summed E-state index contributed by atoms with van der Waals surface area (Å²) < 4.78 is 6.44. The van der Waals surface area contributed by atoms with Crippen molar-refractivity contribution in [2.75, 3.05) is 5.73 Å². The summed E-state index contributed by atoms with van der Waals surface area (Å²) in [5.74, 6) is 0. The lowest BCUT2D eigenvalue weighted by Crippen LogP contribution is -1.89. The van der Waals surface area contributed by atoms with Crippen LogP contribution in [0.5, 0.6) is 0 Å². The summed E-state index contributed by atoms with van der Waals surface area (Å²) in [6.45, 7) is 0. The quantitative estimate of drug-likeness (QED) is 0.177. The molecule has 8 aromatic carbocycles. The van der Waals surface area contributed by atoms with Crippen molar-refractivity contribution in [3.63, 3.8) is 0 Å². The number of thiophene rings is 2. The highest BCUT2D eigenvalue weighted by Crippen LogP contribution is 2.41. The maximum absolute atomic E-state index is 6.09. The molecule has 1 nitrogen and oxygen atoms in total. The van der Waals surface area contributed by atoms with Gasteiger partial charge in [0.2, 0.25) is 0 Å². The summed E-state index contributed by atoms with van der Waals surface area (Å²) in [6.07, 6.45) is 0. The van der Waals surface area contributed by atoms with Gasteiger partial charge in [0.1, 0.15) is 0 Å². The van der Waals surface area contributed by atoms with Crippen LogP contribution in [0.1, 0.15) is 0 Å². The Morgan fingerprint density at radius 3 is 1.31 bits per heavy atom. The van der Waals surface area contributed by atoms with E-state index >= 15 is 0 Å². The predicted octanol–water partition coefficient (Wildman–Crippen LogP) is 15.1. The van der Waals surface area contributed by atoms with E-state index in [1.54, 1.807) is 0 Å². The average Bonchev–Trinajstić information content (AvgIpc) is 3.76. The van der Waals surface area contributed by atoms with Crippen LogP contribution < -0.4 is 5.73 Å². The largest absolute Gasteiger partial charge is 0.399 e. The van der Waals surface area contributed by atoms with Gasteiger partial charge in [0, 0.05) is 50.5 Å². The molecule has 2 N–H and O–H groups in total. The van der Waals surface area contributed by atoms with Crippen LogP contribution in [0.15, 0.2) is 186 Å². The average molecular weight is 767 g/mol. The first-order valence-electron chi connectivity index (χ1n) is 17.2. The molecule has 0 bridgehead atoms. The maximum atomic E-state index is 6.09. The third kappa shape index (κ3) is 6.20. The number of nitrogen functional groups attached to an aromatic ring is 1. The minimum atomic E-state index is 0.788. The molecule has 0 saturated heterocycles. The van der Waals surface area contributed by atoms with E-state index in [2.05, 4.69) is 186 Å². The number of rotatable bonds is 4. The second-order valence-corrected chi connectivity index (χ2v) is 15.9. The van der Waals surface area contributed by atoms with Crippen molar-refractivity contribution in [1.29, 1.82) is 0 Å². The van der Waals surface area contributed by atoms with Crippen LogP contribution in [-0.2, 0) is 0 Å². The Kier molecular flexibility index (Phi) is 8.65. The van der Waals surface area contributed by atoms with Crippen molar-refractivity contribution in [1.82, 2.24) is 0 Å². The Morgan fingerprint density at radius 2 is 0.769 bits per heavy atom. The fraction of sp³-hybridized carbons (Fsp3) is 0. The van der Waals surface area contributed by atoms with Crippen molar-refractivity contribution in [3.8, 4) is 44.5 Å². The Hall–Kier alpha value is -5.52. The number of halogens is 1. The molecule has 0 aliphatic rings. The Labute approximate surface area is 319 Å². The summed E-state index contributed by atoms with van der Waals surface area (Å²) in [5, 5.41) is 5.34. The number of fused-ring (bicyclic) bond motifs is 6. The molecule has 10 aromatic rings. The fourth-order valence-electron chi connectivity index (χ4n) is 7.08. The lowest BCUT2D eigenvalue weighted by atomic mass is 9.93. The zero-order valence-electron chi connectivity index (χ0n) is 28.1. The molecule has 2 heterocycles. The summed E-state index contributed by atoms with van der Waals surface area (Å²) in [5.41, 5.74) is 16.7. The van der Waals surface area contributed by atoms with E-state index in [1.807, 2.05) is 34.8 Å². The van der Waals surface area contributed by atoms with Crippen molar-refractivity contribution in [2.24, 2.45) is 0 Å². The molecule has 0 radical (unpaired) electrons. The second kappa shape index (κ2) is 13.9. The minimum absolute atomic E-state index is 0.788. The Balaban J connectivity index is 0.000000138. The normalized spacial score (nSPS) is 11.2. The predicted molar refractivity (Wildman–Crippen MR) is 233 cm³/mol. The minimum Gasteiger partial charge on any atom is -0.399 e. The van der Waals surface area contributed by atoms with E-state index < -0.39 is 0 Å². The fourth-order valence-corrected chi connectivity index (χ4v) is 9.73. The first kappa shape index (κ1) is 32.4. The van der Waals surface area contributed by atoms with Crippen molar-refractivity contribution in [3.05, 3.63) is 186 Å². The van der Waals surface area contributed by atoms with E-state index in [1.165, 1.54) is 84.9 Å². The van der Waals surface area contributed by atoms with Crippen molar-refractivity contribution >= 4 is 84.6 Å². The number of hydrogen-bond acceptors (Lipinski definition) is 3. The monoisotopic (exact) mass is 765 g/mol. The van der Waals surface area contributed by atoms with Gasteiger partial charge in [-0.2, -0.15) is 0 Å². The molecule has 0 fully saturated rings. The molecule has 0 atom stereocenters. The van der Waals surface area contributed by atoms with Gasteiger partial charge in [0.25, 0.3) is 0 Å². The summed E-state index contributed by atoms with van der Waals surface area (Å²) in [6, 6.07) is 64.6. The highest BCUT2D eigenvalue weighted by molar-refractivity contribution is 9.10. The van der Waals surface area contributed by atoms with Crippen LogP contribution >= 0.6 is 38.6 Å². The SMILES string of the molecule is Brc1ccc(-c2ccc3c(c2)sc2ccccc23)c(-c2ccccc2)c1.Nc1ccc(-c2ccc3c(c2)sc2ccccc23)c(-c2ccccc2)c1. The number of anilines is 1. The molecule has 248 valence electrons. The van der Waals surface area contributed by atoms with Gasteiger partial charge in [0.15, 0.2) is 0 Å². The van der Waals surface area contributed by atoms with Crippen LogP contribution in [0.25, 0.3) is 84.9 Å². The highest BCUT2D eigenvalue weighted by Gasteiger charge is 2.13. The highest BCUT2D eigenvalue weighted by atomic mass is 79.9. The molecule has 0 aliphatic heterocycles. The molecule has 0 aliphatic carbocycles. The van der Waals surface area contributed by atoms with Crippen LogP contribution in [0.3, 0.4) is 0 Å². The molecule has 2 aromatic heterocycles.